The Labute approximate surface area is 61.4 Å². The molecule has 0 bridgehead atoms. The van der Waals surface area contributed by atoms with Crippen molar-refractivity contribution < 1.29 is 4.74 Å². The standard InChI is InChI=1S/C6H13NOS/c1-3-4-5(7)6(9)8-2/h5H,3-4,7H2,1-2H3/t5-/m0/s1. The van der Waals surface area contributed by atoms with Crippen molar-refractivity contribution in [1.29, 1.82) is 0 Å². The molecule has 9 heavy (non-hydrogen) atoms. The van der Waals surface area contributed by atoms with Crippen molar-refractivity contribution in [2.75, 3.05) is 7.11 Å². The molecule has 3 heteroatoms. The second-order valence-electron chi connectivity index (χ2n) is 1.92. The van der Waals surface area contributed by atoms with E-state index < -0.39 is 0 Å². The molecule has 0 radical (unpaired) electrons. The summed E-state index contributed by atoms with van der Waals surface area (Å²) in [6.45, 7) is 2.07. The number of rotatable bonds is 3. The van der Waals surface area contributed by atoms with Crippen LogP contribution in [0.2, 0.25) is 0 Å². The lowest BCUT2D eigenvalue weighted by molar-refractivity contribution is 0.390. The van der Waals surface area contributed by atoms with E-state index in [2.05, 4.69) is 6.92 Å². The van der Waals surface area contributed by atoms with E-state index in [1.807, 2.05) is 0 Å². The number of methoxy groups -OCH3 is 1. The van der Waals surface area contributed by atoms with E-state index in [0.29, 0.717) is 5.05 Å². The summed E-state index contributed by atoms with van der Waals surface area (Å²) in [5.74, 6) is 0. The topological polar surface area (TPSA) is 35.2 Å². The van der Waals surface area contributed by atoms with Gasteiger partial charge in [0.2, 0.25) is 0 Å². The van der Waals surface area contributed by atoms with Crippen molar-refractivity contribution in [3.05, 3.63) is 0 Å². The highest BCUT2D eigenvalue weighted by Gasteiger charge is 2.05. The van der Waals surface area contributed by atoms with Gasteiger partial charge in [-0.1, -0.05) is 13.3 Å². The van der Waals surface area contributed by atoms with Gasteiger partial charge in [0.05, 0.1) is 13.2 Å². The van der Waals surface area contributed by atoms with Gasteiger partial charge in [0, 0.05) is 0 Å². The highest BCUT2D eigenvalue weighted by atomic mass is 32.1. The van der Waals surface area contributed by atoms with Crippen LogP contribution in [-0.4, -0.2) is 18.2 Å². The van der Waals surface area contributed by atoms with Crippen LogP contribution in [0.1, 0.15) is 19.8 Å². The van der Waals surface area contributed by atoms with E-state index in [4.69, 9.17) is 22.7 Å². The maximum absolute atomic E-state index is 5.57. The summed E-state index contributed by atoms with van der Waals surface area (Å²) in [6, 6.07) is -0.0602. The van der Waals surface area contributed by atoms with Gasteiger partial charge in [-0.3, -0.25) is 0 Å². The van der Waals surface area contributed by atoms with Gasteiger partial charge < -0.3 is 10.5 Å². The van der Waals surface area contributed by atoms with Crippen LogP contribution >= 0.6 is 12.2 Å². The molecule has 0 spiro atoms. The first kappa shape index (κ1) is 8.85. The highest BCUT2D eigenvalue weighted by Crippen LogP contribution is 1.96. The van der Waals surface area contributed by atoms with E-state index in [-0.39, 0.29) is 6.04 Å². The third-order valence-corrected chi connectivity index (χ3v) is 1.57. The minimum Gasteiger partial charge on any atom is -0.489 e. The van der Waals surface area contributed by atoms with Crippen LogP contribution in [0.5, 0.6) is 0 Å². The van der Waals surface area contributed by atoms with Crippen molar-refractivity contribution in [3.8, 4) is 0 Å². The van der Waals surface area contributed by atoms with Crippen molar-refractivity contribution in [2.24, 2.45) is 5.73 Å². The Bertz CT molecular complexity index is 95.1. The third-order valence-electron chi connectivity index (χ3n) is 1.10. The van der Waals surface area contributed by atoms with Gasteiger partial charge >= 0.3 is 0 Å². The number of hydrogen-bond donors (Lipinski definition) is 1. The highest BCUT2D eigenvalue weighted by molar-refractivity contribution is 7.80. The Morgan fingerprint density at radius 2 is 2.33 bits per heavy atom. The maximum atomic E-state index is 5.57. The van der Waals surface area contributed by atoms with Crippen LogP contribution in [0.4, 0.5) is 0 Å². The van der Waals surface area contributed by atoms with Crippen molar-refractivity contribution >= 4 is 17.3 Å². The molecule has 0 aromatic heterocycles. The molecule has 0 aliphatic carbocycles. The largest absolute Gasteiger partial charge is 0.489 e. The van der Waals surface area contributed by atoms with Gasteiger partial charge in [0.15, 0.2) is 5.05 Å². The van der Waals surface area contributed by atoms with E-state index in [1.165, 1.54) is 0 Å². The van der Waals surface area contributed by atoms with Gasteiger partial charge in [0.25, 0.3) is 0 Å². The predicted octanol–water partition coefficient (Wildman–Crippen LogP) is 1.09. The summed E-state index contributed by atoms with van der Waals surface area (Å²) < 4.78 is 4.77. The minimum atomic E-state index is -0.0602. The second-order valence-corrected chi connectivity index (χ2v) is 2.32. The first-order valence-corrected chi connectivity index (χ1v) is 3.46. The summed E-state index contributed by atoms with van der Waals surface area (Å²) >= 11 is 4.80. The molecule has 0 aromatic carbocycles. The monoisotopic (exact) mass is 147 g/mol. The zero-order chi connectivity index (χ0) is 7.28. The molecule has 0 amide bonds. The van der Waals surface area contributed by atoms with Crippen molar-refractivity contribution in [3.63, 3.8) is 0 Å². The Morgan fingerprint density at radius 1 is 1.78 bits per heavy atom. The van der Waals surface area contributed by atoms with Gasteiger partial charge in [-0.25, -0.2) is 0 Å². The molecule has 2 N–H and O–H groups in total. The normalized spacial score (nSPS) is 12.8. The summed E-state index contributed by atoms with van der Waals surface area (Å²) in [5.41, 5.74) is 5.57. The molecule has 54 valence electrons. The SMILES string of the molecule is CCC[C@H](N)C(=S)OC. The van der Waals surface area contributed by atoms with Crippen LogP contribution in [-0.2, 0) is 4.74 Å². The molecular weight excluding hydrogens is 134 g/mol. The van der Waals surface area contributed by atoms with Crippen LogP contribution in [0.15, 0.2) is 0 Å². The summed E-state index contributed by atoms with van der Waals surface area (Å²) in [6.07, 6.45) is 1.96. The second kappa shape index (κ2) is 4.70. The number of ether oxygens (including phenoxy) is 1. The van der Waals surface area contributed by atoms with Crippen LogP contribution < -0.4 is 5.73 Å². The smallest absolute Gasteiger partial charge is 0.176 e. The van der Waals surface area contributed by atoms with Crippen LogP contribution in [0.25, 0.3) is 0 Å². The van der Waals surface area contributed by atoms with E-state index in [0.717, 1.165) is 12.8 Å². The van der Waals surface area contributed by atoms with Crippen LogP contribution in [0, 0.1) is 0 Å². The number of hydrogen-bond acceptors (Lipinski definition) is 3. The van der Waals surface area contributed by atoms with E-state index in [1.54, 1.807) is 7.11 Å². The van der Waals surface area contributed by atoms with Gasteiger partial charge in [0.1, 0.15) is 0 Å². The van der Waals surface area contributed by atoms with E-state index in [9.17, 15) is 0 Å². The molecule has 0 unspecified atom stereocenters. The Morgan fingerprint density at radius 3 is 2.67 bits per heavy atom. The molecule has 0 heterocycles. The fourth-order valence-electron chi connectivity index (χ4n) is 0.580. The molecule has 0 aliphatic rings. The minimum absolute atomic E-state index is 0.0602. The number of thiocarbonyl (C=S) groups is 1. The van der Waals surface area contributed by atoms with Gasteiger partial charge in [-0.05, 0) is 18.6 Å². The lowest BCUT2D eigenvalue weighted by atomic mass is 10.2. The lowest BCUT2D eigenvalue weighted by Gasteiger charge is -2.08. The average Bonchev–Trinajstić information content (AvgIpc) is 1.87. The van der Waals surface area contributed by atoms with Gasteiger partial charge in [-0.2, -0.15) is 0 Å². The molecule has 2 nitrogen and oxygen atoms in total. The fraction of sp³-hybridized carbons (Fsp3) is 0.833. The fourth-order valence-corrected chi connectivity index (χ4v) is 0.698. The number of nitrogens with two attached hydrogens (primary N) is 1. The third kappa shape index (κ3) is 3.43. The Hall–Kier alpha value is -0.150. The molecule has 0 fully saturated rings. The predicted molar refractivity (Wildman–Crippen MR) is 42.5 cm³/mol. The first-order valence-electron chi connectivity index (χ1n) is 3.05. The zero-order valence-corrected chi connectivity index (χ0v) is 6.70. The summed E-state index contributed by atoms with van der Waals surface area (Å²) in [4.78, 5) is 0. The average molecular weight is 147 g/mol. The molecular formula is C6H13NOS. The molecule has 1 atom stereocenters. The van der Waals surface area contributed by atoms with E-state index >= 15 is 0 Å². The Balaban J connectivity index is 3.45. The van der Waals surface area contributed by atoms with Gasteiger partial charge in [-0.15, -0.1) is 0 Å². The summed E-state index contributed by atoms with van der Waals surface area (Å²) in [5, 5.41) is 0.511. The molecule has 0 aromatic rings. The summed E-state index contributed by atoms with van der Waals surface area (Å²) in [7, 11) is 1.55. The van der Waals surface area contributed by atoms with Crippen LogP contribution in [0.3, 0.4) is 0 Å². The van der Waals surface area contributed by atoms with Crippen molar-refractivity contribution in [1.82, 2.24) is 0 Å². The molecule has 0 saturated heterocycles. The zero-order valence-electron chi connectivity index (χ0n) is 5.89. The molecule has 0 rings (SSSR count). The lowest BCUT2D eigenvalue weighted by Crippen LogP contribution is -2.29. The Kier molecular flexibility index (Phi) is 4.62. The van der Waals surface area contributed by atoms with Crippen molar-refractivity contribution in [2.45, 2.75) is 25.8 Å². The molecule has 0 saturated carbocycles. The first-order chi connectivity index (χ1) is 4.22. The quantitative estimate of drug-likeness (QED) is 0.607. The molecule has 0 aliphatic heterocycles. The maximum Gasteiger partial charge on any atom is 0.176 e.